The number of anilines is 1. The molecule has 0 aliphatic carbocycles. The first-order valence-corrected chi connectivity index (χ1v) is 7.38. The van der Waals surface area contributed by atoms with E-state index in [4.69, 9.17) is 0 Å². The number of nitrogens with one attached hydrogen (secondary N) is 2. The van der Waals surface area contributed by atoms with Gasteiger partial charge >= 0.3 is 6.03 Å². The number of carbonyl (C=O) groups excluding carboxylic acids is 1. The van der Waals surface area contributed by atoms with Crippen LogP contribution in [0.25, 0.3) is 11.0 Å². The molecule has 22 heavy (non-hydrogen) atoms. The number of aliphatic hydroxyl groups is 1. The third kappa shape index (κ3) is 3.73. The third-order valence-electron chi connectivity index (χ3n) is 3.43. The predicted octanol–water partition coefficient (Wildman–Crippen LogP) is 1.81. The highest BCUT2D eigenvalue weighted by atomic mass is 16.3. The van der Waals surface area contributed by atoms with Gasteiger partial charge < -0.3 is 15.7 Å². The Balaban J connectivity index is 2.06. The van der Waals surface area contributed by atoms with Gasteiger partial charge in [-0.3, -0.25) is 4.68 Å². The molecular formula is C15H23N5O2. The van der Waals surface area contributed by atoms with Crippen LogP contribution in [0.3, 0.4) is 0 Å². The first-order valence-electron chi connectivity index (χ1n) is 7.38. The van der Waals surface area contributed by atoms with Crippen molar-refractivity contribution < 1.29 is 9.90 Å². The van der Waals surface area contributed by atoms with Crippen LogP contribution < -0.4 is 10.6 Å². The number of aromatic nitrogens is 3. The van der Waals surface area contributed by atoms with Crippen LogP contribution in [-0.4, -0.2) is 38.6 Å². The monoisotopic (exact) mass is 305 g/mol. The number of rotatable bonds is 5. The fourth-order valence-corrected chi connectivity index (χ4v) is 2.48. The minimum atomic E-state index is -0.345. The molecule has 7 heteroatoms. The molecule has 7 nitrogen and oxygen atoms in total. The van der Waals surface area contributed by atoms with Crippen molar-refractivity contribution in [1.29, 1.82) is 0 Å². The van der Waals surface area contributed by atoms with Crippen molar-refractivity contribution in [2.24, 2.45) is 13.0 Å². The molecule has 2 aromatic heterocycles. The van der Waals surface area contributed by atoms with E-state index in [2.05, 4.69) is 20.7 Å². The van der Waals surface area contributed by atoms with Crippen LogP contribution in [-0.2, 0) is 7.05 Å². The maximum Gasteiger partial charge on any atom is 0.319 e. The molecule has 0 aliphatic heterocycles. The summed E-state index contributed by atoms with van der Waals surface area (Å²) in [4.78, 5) is 16.3. The largest absolute Gasteiger partial charge is 0.394 e. The van der Waals surface area contributed by atoms with Crippen LogP contribution >= 0.6 is 0 Å². The standard InChI is InChI=1S/C15H23N5O2/c1-9(2)5-12(8-21)18-15(22)17-11-6-13-10(3)19-20(4)14(13)16-7-11/h6-7,9,12,21H,5,8H2,1-4H3,(H2,17,18,22). The molecule has 0 fully saturated rings. The molecule has 0 bridgehead atoms. The molecule has 1 unspecified atom stereocenters. The highest BCUT2D eigenvalue weighted by molar-refractivity contribution is 5.92. The molecule has 2 rings (SSSR count). The zero-order chi connectivity index (χ0) is 16.3. The molecule has 0 aliphatic rings. The lowest BCUT2D eigenvalue weighted by Gasteiger charge is -2.18. The second kappa shape index (κ2) is 6.74. The average molecular weight is 305 g/mol. The van der Waals surface area contributed by atoms with Crippen molar-refractivity contribution in [2.45, 2.75) is 33.2 Å². The van der Waals surface area contributed by atoms with Gasteiger partial charge in [0, 0.05) is 12.4 Å². The number of pyridine rings is 1. The van der Waals surface area contributed by atoms with E-state index in [0.717, 1.165) is 23.1 Å². The summed E-state index contributed by atoms with van der Waals surface area (Å²) in [7, 11) is 1.83. The topological polar surface area (TPSA) is 92.1 Å². The van der Waals surface area contributed by atoms with Crippen LogP contribution in [0.5, 0.6) is 0 Å². The fourth-order valence-electron chi connectivity index (χ4n) is 2.48. The average Bonchev–Trinajstić information content (AvgIpc) is 2.72. The maximum atomic E-state index is 12.0. The fraction of sp³-hybridized carbons (Fsp3) is 0.533. The van der Waals surface area contributed by atoms with E-state index in [9.17, 15) is 9.90 Å². The zero-order valence-electron chi connectivity index (χ0n) is 13.4. The summed E-state index contributed by atoms with van der Waals surface area (Å²) in [6, 6.07) is 1.25. The van der Waals surface area contributed by atoms with Crippen LogP contribution in [0.2, 0.25) is 0 Å². The van der Waals surface area contributed by atoms with E-state index in [0.29, 0.717) is 11.6 Å². The van der Waals surface area contributed by atoms with Crippen molar-refractivity contribution in [3.8, 4) is 0 Å². The van der Waals surface area contributed by atoms with Crippen LogP contribution in [0.4, 0.5) is 10.5 Å². The Morgan fingerprint density at radius 3 is 2.82 bits per heavy atom. The quantitative estimate of drug-likeness (QED) is 0.785. The second-order valence-corrected chi connectivity index (χ2v) is 5.91. The zero-order valence-corrected chi connectivity index (χ0v) is 13.4. The van der Waals surface area contributed by atoms with Gasteiger partial charge in [0.2, 0.25) is 0 Å². The number of aliphatic hydroxyl groups excluding tert-OH is 1. The van der Waals surface area contributed by atoms with Gasteiger partial charge in [-0.05, 0) is 25.3 Å². The summed E-state index contributed by atoms with van der Waals surface area (Å²) >= 11 is 0. The number of fused-ring (bicyclic) bond motifs is 1. The van der Waals surface area contributed by atoms with Crippen molar-refractivity contribution in [3.05, 3.63) is 18.0 Å². The van der Waals surface area contributed by atoms with Gasteiger partial charge in [-0.25, -0.2) is 9.78 Å². The first-order chi connectivity index (χ1) is 10.4. The van der Waals surface area contributed by atoms with E-state index in [1.165, 1.54) is 0 Å². The molecule has 2 aromatic rings. The van der Waals surface area contributed by atoms with Gasteiger partial charge in [0.1, 0.15) is 0 Å². The molecule has 3 N–H and O–H groups in total. The van der Waals surface area contributed by atoms with Gasteiger partial charge in [0.15, 0.2) is 5.65 Å². The Hall–Kier alpha value is -2.15. The number of hydrogen-bond donors (Lipinski definition) is 3. The summed E-state index contributed by atoms with van der Waals surface area (Å²) in [5.41, 5.74) is 2.24. The summed E-state index contributed by atoms with van der Waals surface area (Å²) in [5, 5.41) is 20.0. The molecule has 1 atom stereocenters. The summed E-state index contributed by atoms with van der Waals surface area (Å²) in [6.07, 6.45) is 2.32. The molecule has 0 saturated heterocycles. The highest BCUT2D eigenvalue weighted by Crippen LogP contribution is 2.19. The first kappa shape index (κ1) is 16.2. The minimum Gasteiger partial charge on any atom is -0.394 e. The van der Waals surface area contributed by atoms with Gasteiger partial charge in [-0.1, -0.05) is 13.8 Å². The molecular weight excluding hydrogens is 282 g/mol. The van der Waals surface area contributed by atoms with E-state index in [1.54, 1.807) is 10.9 Å². The number of amides is 2. The Morgan fingerprint density at radius 2 is 2.18 bits per heavy atom. The number of nitrogens with zero attached hydrogens (tertiary/aromatic N) is 3. The van der Waals surface area contributed by atoms with Crippen molar-refractivity contribution in [1.82, 2.24) is 20.1 Å². The SMILES string of the molecule is Cc1nn(C)c2ncc(NC(=O)NC(CO)CC(C)C)cc12. The van der Waals surface area contributed by atoms with E-state index in [-0.39, 0.29) is 18.7 Å². The van der Waals surface area contributed by atoms with E-state index >= 15 is 0 Å². The summed E-state index contributed by atoms with van der Waals surface area (Å²) < 4.78 is 1.71. The molecule has 0 aromatic carbocycles. The second-order valence-electron chi connectivity index (χ2n) is 5.91. The maximum absolute atomic E-state index is 12.0. The van der Waals surface area contributed by atoms with Gasteiger partial charge in [-0.2, -0.15) is 5.10 Å². The lowest BCUT2D eigenvalue weighted by molar-refractivity contribution is 0.214. The van der Waals surface area contributed by atoms with Crippen molar-refractivity contribution in [3.63, 3.8) is 0 Å². The lowest BCUT2D eigenvalue weighted by Crippen LogP contribution is -2.40. The van der Waals surface area contributed by atoms with Gasteiger partial charge in [0.25, 0.3) is 0 Å². The lowest BCUT2D eigenvalue weighted by atomic mass is 10.0. The Kier molecular flexibility index (Phi) is 4.97. The molecule has 0 radical (unpaired) electrons. The number of carbonyl (C=O) groups is 1. The molecule has 2 amide bonds. The number of hydrogen-bond acceptors (Lipinski definition) is 4. The van der Waals surface area contributed by atoms with E-state index in [1.807, 2.05) is 33.9 Å². The predicted molar refractivity (Wildman–Crippen MR) is 85.7 cm³/mol. The summed E-state index contributed by atoms with van der Waals surface area (Å²) in [6.45, 7) is 5.92. The van der Waals surface area contributed by atoms with Crippen LogP contribution in [0.15, 0.2) is 12.3 Å². The third-order valence-corrected chi connectivity index (χ3v) is 3.43. The van der Waals surface area contributed by atoms with Crippen molar-refractivity contribution in [2.75, 3.05) is 11.9 Å². The van der Waals surface area contributed by atoms with Crippen molar-refractivity contribution >= 4 is 22.8 Å². The van der Waals surface area contributed by atoms with Gasteiger partial charge in [0.05, 0.1) is 30.2 Å². The molecule has 2 heterocycles. The van der Waals surface area contributed by atoms with Crippen LogP contribution in [0.1, 0.15) is 26.0 Å². The molecule has 0 saturated carbocycles. The van der Waals surface area contributed by atoms with Gasteiger partial charge in [-0.15, -0.1) is 0 Å². The summed E-state index contributed by atoms with van der Waals surface area (Å²) in [5.74, 6) is 0.397. The smallest absolute Gasteiger partial charge is 0.319 e. The normalized spacial score (nSPS) is 12.6. The Morgan fingerprint density at radius 1 is 1.45 bits per heavy atom. The number of aryl methyl sites for hydroxylation is 2. The Bertz CT molecular complexity index is 665. The Labute approximate surface area is 129 Å². The molecule has 0 spiro atoms. The molecule has 120 valence electrons. The van der Waals surface area contributed by atoms with Crippen LogP contribution in [0, 0.1) is 12.8 Å². The van der Waals surface area contributed by atoms with E-state index < -0.39 is 0 Å². The highest BCUT2D eigenvalue weighted by Gasteiger charge is 2.14. The number of urea groups is 1. The minimum absolute atomic E-state index is 0.0788.